The minimum Gasteiger partial charge on any atom is -0.350 e. The van der Waals surface area contributed by atoms with Crippen LogP contribution in [0.1, 0.15) is 40.1 Å². The minimum absolute atomic E-state index is 0.252. The second-order valence-electron chi connectivity index (χ2n) is 6.54. The predicted octanol–water partition coefficient (Wildman–Crippen LogP) is 2.71. The van der Waals surface area contributed by atoms with Crippen molar-refractivity contribution in [2.45, 2.75) is 26.3 Å². The molecule has 0 atom stereocenters. The van der Waals surface area contributed by atoms with Crippen molar-refractivity contribution in [3.05, 3.63) is 65.2 Å². The molecular formula is C19H23N3O2. The van der Waals surface area contributed by atoms with Crippen molar-refractivity contribution < 1.29 is 9.59 Å². The number of anilines is 1. The molecular weight excluding hydrogens is 302 g/mol. The molecule has 0 aromatic heterocycles. The van der Waals surface area contributed by atoms with Gasteiger partial charge in [0.15, 0.2) is 0 Å². The van der Waals surface area contributed by atoms with E-state index in [0.717, 1.165) is 5.56 Å². The Morgan fingerprint density at radius 1 is 1.04 bits per heavy atom. The third-order valence-electron chi connectivity index (χ3n) is 3.40. The Kier molecular flexibility index (Phi) is 5.36. The number of hydrogen-bond acceptors (Lipinski definition) is 3. The number of rotatable bonds is 5. The van der Waals surface area contributed by atoms with Crippen molar-refractivity contribution >= 4 is 17.5 Å². The molecule has 2 aromatic rings. The number of hydrogen-bond donors (Lipinski definition) is 3. The average Bonchev–Trinajstić information content (AvgIpc) is 2.52. The fourth-order valence-corrected chi connectivity index (χ4v) is 2.17. The van der Waals surface area contributed by atoms with Gasteiger partial charge in [0, 0.05) is 17.6 Å². The molecule has 0 spiro atoms. The van der Waals surface area contributed by atoms with Gasteiger partial charge in [-0.3, -0.25) is 9.59 Å². The molecule has 2 rings (SSSR count). The lowest BCUT2D eigenvalue weighted by Crippen LogP contribution is -2.45. The van der Waals surface area contributed by atoms with Gasteiger partial charge in [-0.1, -0.05) is 29.8 Å². The summed E-state index contributed by atoms with van der Waals surface area (Å²) in [6, 6.07) is 14.2. The van der Waals surface area contributed by atoms with Gasteiger partial charge in [0.1, 0.15) is 0 Å². The van der Waals surface area contributed by atoms with Crippen LogP contribution in [0, 0.1) is 6.92 Å². The molecule has 24 heavy (non-hydrogen) atoms. The summed E-state index contributed by atoms with van der Waals surface area (Å²) >= 11 is 0. The fourth-order valence-electron chi connectivity index (χ4n) is 2.17. The maximum absolute atomic E-state index is 12.4. The second-order valence-corrected chi connectivity index (χ2v) is 6.54. The van der Waals surface area contributed by atoms with E-state index in [4.69, 9.17) is 5.73 Å². The van der Waals surface area contributed by atoms with Crippen molar-refractivity contribution in [2.75, 3.05) is 11.9 Å². The lowest BCUT2D eigenvalue weighted by Gasteiger charge is -2.19. The van der Waals surface area contributed by atoms with Gasteiger partial charge in [-0.25, -0.2) is 0 Å². The highest BCUT2D eigenvalue weighted by Gasteiger charge is 2.17. The largest absolute Gasteiger partial charge is 0.350 e. The van der Waals surface area contributed by atoms with E-state index in [0.29, 0.717) is 23.4 Å². The van der Waals surface area contributed by atoms with E-state index in [9.17, 15) is 9.59 Å². The first-order valence-electron chi connectivity index (χ1n) is 7.80. The third-order valence-corrected chi connectivity index (χ3v) is 3.40. The number of aryl methyl sites for hydroxylation is 1. The van der Waals surface area contributed by atoms with Gasteiger partial charge in [-0.15, -0.1) is 0 Å². The summed E-state index contributed by atoms with van der Waals surface area (Å²) in [7, 11) is 0. The predicted molar refractivity (Wildman–Crippen MR) is 96.2 cm³/mol. The molecule has 0 bridgehead atoms. The van der Waals surface area contributed by atoms with E-state index < -0.39 is 5.54 Å². The summed E-state index contributed by atoms with van der Waals surface area (Å²) < 4.78 is 0. The van der Waals surface area contributed by atoms with E-state index in [1.165, 1.54) is 0 Å². The molecule has 5 nitrogen and oxygen atoms in total. The summed E-state index contributed by atoms with van der Waals surface area (Å²) in [6.45, 7) is 5.93. The number of nitrogens with one attached hydrogen (secondary N) is 2. The van der Waals surface area contributed by atoms with E-state index in [2.05, 4.69) is 10.6 Å². The van der Waals surface area contributed by atoms with Crippen molar-refractivity contribution in [1.29, 1.82) is 0 Å². The molecule has 0 saturated heterocycles. The highest BCUT2D eigenvalue weighted by molar-refractivity contribution is 6.09. The summed E-state index contributed by atoms with van der Waals surface area (Å²) in [5, 5.41) is 5.59. The van der Waals surface area contributed by atoms with Crippen molar-refractivity contribution in [1.82, 2.24) is 5.32 Å². The van der Waals surface area contributed by atoms with Gasteiger partial charge in [0.2, 0.25) is 0 Å². The van der Waals surface area contributed by atoms with E-state index in [1.54, 1.807) is 36.4 Å². The lowest BCUT2D eigenvalue weighted by molar-refractivity contribution is 0.0947. The molecule has 126 valence electrons. The highest BCUT2D eigenvalue weighted by atomic mass is 16.2. The monoisotopic (exact) mass is 325 g/mol. The van der Waals surface area contributed by atoms with Crippen LogP contribution in [0.4, 0.5) is 5.69 Å². The zero-order chi connectivity index (χ0) is 17.7. The quantitative estimate of drug-likeness (QED) is 0.790. The first-order chi connectivity index (χ1) is 11.3. The van der Waals surface area contributed by atoms with Crippen LogP contribution in [0.5, 0.6) is 0 Å². The Balaban J connectivity index is 2.16. The highest BCUT2D eigenvalue weighted by Crippen LogP contribution is 2.17. The van der Waals surface area contributed by atoms with Crippen molar-refractivity contribution in [3.8, 4) is 0 Å². The van der Waals surface area contributed by atoms with Gasteiger partial charge >= 0.3 is 0 Å². The number of carbonyl (C=O) groups excluding carboxylic acids is 2. The first kappa shape index (κ1) is 17.7. The molecule has 0 fully saturated rings. The van der Waals surface area contributed by atoms with Crippen LogP contribution in [0.15, 0.2) is 48.5 Å². The number of benzene rings is 2. The molecule has 0 saturated carbocycles. The normalized spacial score (nSPS) is 11.0. The Hall–Kier alpha value is -2.66. The van der Waals surface area contributed by atoms with Crippen LogP contribution in [0.3, 0.4) is 0 Å². The van der Waals surface area contributed by atoms with Gasteiger partial charge in [-0.2, -0.15) is 0 Å². The van der Waals surface area contributed by atoms with Crippen LogP contribution in [-0.4, -0.2) is 23.9 Å². The first-order valence-corrected chi connectivity index (χ1v) is 7.80. The Morgan fingerprint density at radius 2 is 1.75 bits per heavy atom. The maximum Gasteiger partial charge on any atom is 0.255 e. The number of nitrogens with two attached hydrogens (primary N) is 1. The number of carbonyl (C=O) groups is 2. The summed E-state index contributed by atoms with van der Waals surface area (Å²) in [6.07, 6.45) is 0. The number of para-hydroxylation sites is 1. The van der Waals surface area contributed by atoms with Crippen molar-refractivity contribution in [2.24, 2.45) is 5.73 Å². The average molecular weight is 325 g/mol. The zero-order valence-electron chi connectivity index (χ0n) is 14.2. The molecule has 2 amide bonds. The Labute approximate surface area is 142 Å². The van der Waals surface area contributed by atoms with Gasteiger partial charge < -0.3 is 16.4 Å². The third kappa shape index (κ3) is 4.93. The second kappa shape index (κ2) is 7.27. The SMILES string of the molecule is Cc1cccc(C(=O)Nc2ccccc2C(=O)NCC(C)(C)N)c1. The molecule has 0 aliphatic heterocycles. The van der Waals surface area contributed by atoms with Crippen LogP contribution >= 0.6 is 0 Å². The minimum atomic E-state index is -0.505. The summed E-state index contributed by atoms with van der Waals surface area (Å²) in [4.78, 5) is 24.8. The van der Waals surface area contributed by atoms with Gasteiger partial charge in [0.05, 0.1) is 11.3 Å². The van der Waals surface area contributed by atoms with E-state index >= 15 is 0 Å². The Morgan fingerprint density at radius 3 is 2.42 bits per heavy atom. The van der Waals surface area contributed by atoms with Crippen LogP contribution in [-0.2, 0) is 0 Å². The molecule has 0 heterocycles. The fraction of sp³-hybridized carbons (Fsp3) is 0.263. The lowest BCUT2D eigenvalue weighted by atomic mass is 10.1. The van der Waals surface area contributed by atoms with Crippen molar-refractivity contribution in [3.63, 3.8) is 0 Å². The number of amides is 2. The molecule has 5 heteroatoms. The van der Waals surface area contributed by atoms with Gasteiger partial charge in [0.25, 0.3) is 11.8 Å². The molecule has 0 aliphatic carbocycles. The Bertz CT molecular complexity index is 748. The zero-order valence-corrected chi connectivity index (χ0v) is 14.2. The molecule has 0 radical (unpaired) electrons. The van der Waals surface area contributed by atoms with Crippen LogP contribution in [0.2, 0.25) is 0 Å². The molecule has 0 unspecified atom stereocenters. The standard InChI is InChI=1S/C19H23N3O2/c1-13-7-6-8-14(11-13)17(23)22-16-10-5-4-9-15(16)18(24)21-12-19(2,3)20/h4-11H,12,20H2,1-3H3,(H,21,24)(H,22,23). The van der Waals surface area contributed by atoms with Crippen LogP contribution in [0.25, 0.3) is 0 Å². The smallest absolute Gasteiger partial charge is 0.255 e. The summed E-state index contributed by atoms with van der Waals surface area (Å²) in [5.41, 5.74) is 7.80. The van der Waals surface area contributed by atoms with E-state index in [1.807, 2.05) is 32.9 Å². The topological polar surface area (TPSA) is 84.2 Å². The molecule has 4 N–H and O–H groups in total. The van der Waals surface area contributed by atoms with Crippen LogP contribution < -0.4 is 16.4 Å². The molecule has 0 aliphatic rings. The maximum atomic E-state index is 12.4. The van der Waals surface area contributed by atoms with Gasteiger partial charge in [-0.05, 0) is 45.0 Å². The molecule has 2 aromatic carbocycles. The summed E-state index contributed by atoms with van der Waals surface area (Å²) in [5.74, 6) is -0.522. The van der Waals surface area contributed by atoms with E-state index in [-0.39, 0.29) is 11.8 Å².